The normalized spacial score (nSPS) is 22.0. The molecule has 21 heavy (non-hydrogen) atoms. The standard InChI is InChI=1S/C15H17N3O3/c1-9-11(6-8-20-9)15(19)18-7-2-3-12(18)13-16-14(21-17-13)10-4-5-10/h6,8,10,12H,2-5,7H2,1H3/t12-/m0/s1. The summed E-state index contributed by atoms with van der Waals surface area (Å²) < 4.78 is 10.6. The Balaban J connectivity index is 1.59. The van der Waals surface area contributed by atoms with Crippen LogP contribution in [0.1, 0.15) is 65.5 Å². The second kappa shape index (κ2) is 4.72. The van der Waals surface area contributed by atoms with Crippen LogP contribution in [0.2, 0.25) is 0 Å². The molecule has 2 fully saturated rings. The first kappa shape index (κ1) is 12.6. The molecule has 1 aliphatic carbocycles. The largest absolute Gasteiger partial charge is 0.469 e. The van der Waals surface area contributed by atoms with Gasteiger partial charge in [-0.2, -0.15) is 4.98 Å². The van der Waals surface area contributed by atoms with E-state index in [9.17, 15) is 4.79 Å². The van der Waals surface area contributed by atoms with Gasteiger partial charge in [-0.15, -0.1) is 0 Å². The van der Waals surface area contributed by atoms with E-state index in [-0.39, 0.29) is 11.9 Å². The van der Waals surface area contributed by atoms with Crippen LogP contribution >= 0.6 is 0 Å². The quantitative estimate of drug-likeness (QED) is 0.868. The predicted molar refractivity (Wildman–Crippen MR) is 72.7 cm³/mol. The van der Waals surface area contributed by atoms with E-state index >= 15 is 0 Å². The van der Waals surface area contributed by atoms with Crippen molar-refractivity contribution in [2.45, 2.75) is 44.6 Å². The topological polar surface area (TPSA) is 72.4 Å². The monoisotopic (exact) mass is 287 g/mol. The summed E-state index contributed by atoms with van der Waals surface area (Å²) in [4.78, 5) is 19.0. The molecule has 0 radical (unpaired) electrons. The molecular formula is C15H17N3O3. The number of amides is 1. The Hall–Kier alpha value is -2.11. The second-order valence-electron chi connectivity index (χ2n) is 5.81. The molecule has 1 saturated carbocycles. The lowest BCUT2D eigenvalue weighted by Gasteiger charge is -2.21. The summed E-state index contributed by atoms with van der Waals surface area (Å²) in [5, 5.41) is 4.09. The smallest absolute Gasteiger partial charge is 0.258 e. The first-order valence-corrected chi connectivity index (χ1v) is 7.42. The van der Waals surface area contributed by atoms with Gasteiger partial charge in [-0.3, -0.25) is 4.79 Å². The van der Waals surface area contributed by atoms with Gasteiger partial charge in [0.1, 0.15) is 5.76 Å². The van der Waals surface area contributed by atoms with Crippen LogP contribution in [0.5, 0.6) is 0 Å². The van der Waals surface area contributed by atoms with Crippen LogP contribution in [0, 0.1) is 6.92 Å². The molecule has 3 heterocycles. The lowest BCUT2D eigenvalue weighted by molar-refractivity contribution is 0.0726. The highest BCUT2D eigenvalue weighted by Crippen LogP contribution is 2.40. The minimum Gasteiger partial charge on any atom is -0.469 e. The van der Waals surface area contributed by atoms with Crippen LogP contribution in [-0.4, -0.2) is 27.5 Å². The summed E-state index contributed by atoms with van der Waals surface area (Å²) in [5.74, 6) is 2.44. The zero-order chi connectivity index (χ0) is 14.4. The summed E-state index contributed by atoms with van der Waals surface area (Å²) in [7, 11) is 0. The molecular weight excluding hydrogens is 270 g/mol. The van der Waals surface area contributed by atoms with Crippen LogP contribution in [0.4, 0.5) is 0 Å². The van der Waals surface area contributed by atoms with Crippen molar-refractivity contribution < 1.29 is 13.7 Å². The molecule has 0 spiro atoms. The van der Waals surface area contributed by atoms with E-state index in [1.807, 2.05) is 4.90 Å². The molecule has 1 saturated heterocycles. The van der Waals surface area contributed by atoms with Gasteiger partial charge >= 0.3 is 0 Å². The summed E-state index contributed by atoms with van der Waals surface area (Å²) in [6, 6.07) is 1.64. The maximum atomic E-state index is 12.6. The van der Waals surface area contributed by atoms with Gasteiger partial charge < -0.3 is 13.8 Å². The Kier molecular flexibility index (Phi) is 2.83. The summed E-state index contributed by atoms with van der Waals surface area (Å²) in [6.07, 6.45) is 5.65. The van der Waals surface area contributed by atoms with Gasteiger partial charge in [0.25, 0.3) is 5.91 Å². The van der Waals surface area contributed by atoms with Crippen LogP contribution in [0.15, 0.2) is 21.3 Å². The Bertz CT molecular complexity index is 671. The second-order valence-corrected chi connectivity index (χ2v) is 5.81. The van der Waals surface area contributed by atoms with Crippen LogP contribution in [0.25, 0.3) is 0 Å². The van der Waals surface area contributed by atoms with Crippen LogP contribution in [-0.2, 0) is 0 Å². The van der Waals surface area contributed by atoms with Gasteiger partial charge in [0.2, 0.25) is 5.89 Å². The molecule has 2 aromatic rings. The number of furan rings is 1. The number of aromatic nitrogens is 2. The fourth-order valence-electron chi connectivity index (χ4n) is 2.92. The van der Waals surface area contributed by atoms with Crippen molar-refractivity contribution in [1.82, 2.24) is 15.0 Å². The SMILES string of the molecule is Cc1occc1C(=O)N1CCC[C@H]1c1noc(C2CC2)n1. The van der Waals surface area contributed by atoms with Crippen molar-refractivity contribution in [3.8, 4) is 0 Å². The molecule has 1 atom stereocenters. The molecule has 0 aromatic carbocycles. The van der Waals surface area contributed by atoms with Crippen molar-refractivity contribution >= 4 is 5.91 Å². The maximum absolute atomic E-state index is 12.6. The number of hydrogen-bond acceptors (Lipinski definition) is 5. The predicted octanol–water partition coefficient (Wildman–Crippen LogP) is 2.83. The highest BCUT2D eigenvalue weighted by atomic mass is 16.5. The van der Waals surface area contributed by atoms with E-state index in [2.05, 4.69) is 10.1 Å². The molecule has 4 rings (SSSR count). The zero-order valence-electron chi connectivity index (χ0n) is 11.9. The maximum Gasteiger partial charge on any atom is 0.258 e. The van der Waals surface area contributed by atoms with E-state index in [1.165, 1.54) is 0 Å². The average Bonchev–Trinajstić information content (AvgIpc) is 2.94. The number of carbonyl (C=O) groups excluding carboxylic acids is 1. The Labute approximate surface area is 122 Å². The Morgan fingerprint density at radius 3 is 2.95 bits per heavy atom. The van der Waals surface area contributed by atoms with Gasteiger partial charge in [0.05, 0.1) is 17.9 Å². The van der Waals surface area contributed by atoms with Crippen molar-refractivity contribution in [3.05, 3.63) is 35.4 Å². The van der Waals surface area contributed by atoms with Crippen LogP contribution < -0.4 is 0 Å². The highest BCUT2D eigenvalue weighted by molar-refractivity contribution is 5.95. The molecule has 1 aliphatic heterocycles. The van der Waals surface area contributed by atoms with E-state index < -0.39 is 0 Å². The Morgan fingerprint density at radius 1 is 1.38 bits per heavy atom. The van der Waals surface area contributed by atoms with E-state index in [4.69, 9.17) is 8.94 Å². The molecule has 0 bridgehead atoms. The summed E-state index contributed by atoms with van der Waals surface area (Å²) in [5.41, 5.74) is 0.618. The van der Waals surface area contributed by atoms with Gasteiger partial charge in [-0.1, -0.05) is 5.16 Å². The van der Waals surface area contributed by atoms with Gasteiger partial charge in [0.15, 0.2) is 5.82 Å². The van der Waals surface area contributed by atoms with E-state index in [1.54, 1.807) is 19.3 Å². The minimum absolute atomic E-state index is 0.0125. The van der Waals surface area contributed by atoms with Gasteiger partial charge in [0, 0.05) is 12.5 Å². The van der Waals surface area contributed by atoms with E-state index in [0.29, 0.717) is 23.1 Å². The molecule has 0 unspecified atom stereocenters. The van der Waals surface area contributed by atoms with Crippen molar-refractivity contribution in [2.24, 2.45) is 0 Å². The number of carbonyl (C=O) groups is 1. The number of hydrogen-bond donors (Lipinski definition) is 0. The lowest BCUT2D eigenvalue weighted by atomic mass is 10.2. The van der Waals surface area contributed by atoms with Crippen molar-refractivity contribution in [2.75, 3.05) is 6.54 Å². The van der Waals surface area contributed by atoms with Crippen molar-refractivity contribution in [1.29, 1.82) is 0 Å². The highest BCUT2D eigenvalue weighted by Gasteiger charge is 2.36. The average molecular weight is 287 g/mol. The number of likely N-dealkylation sites (tertiary alicyclic amines) is 1. The molecule has 1 amide bonds. The molecule has 0 N–H and O–H groups in total. The molecule has 6 nitrogen and oxygen atoms in total. The summed E-state index contributed by atoms with van der Waals surface area (Å²) in [6.45, 7) is 2.53. The first-order chi connectivity index (χ1) is 10.2. The molecule has 110 valence electrons. The van der Waals surface area contributed by atoms with Gasteiger partial charge in [-0.05, 0) is 38.7 Å². The third-order valence-electron chi connectivity index (χ3n) is 4.28. The number of rotatable bonds is 3. The fraction of sp³-hybridized carbons (Fsp3) is 0.533. The minimum atomic E-state index is -0.0805. The molecule has 2 aromatic heterocycles. The summed E-state index contributed by atoms with van der Waals surface area (Å²) >= 11 is 0. The number of aryl methyl sites for hydroxylation is 1. The third-order valence-corrected chi connectivity index (χ3v) is 4.28. The first-order valence-electron chi connectivity index (χ1n) is 7.42. The van der Waals surface area contributed by atoms with Crippen LogP contribution in [0.3, 0.4) is 0 Å². The number of nitrogens with zero attached hydrogens (tertiary/aromatic N) is 3. The Morgan fingerprint density at radius 2 is 2.24 bits per heavy atom. The van der Waals surface area contributed by atoms with Crippen molar-refractivity contribution in [3.63, 3.8) is 0 Å². The third kappa shape index (κ3) is 2.14. The zero-order valence-corrected chi connectivity index (χ0v) is 11.9. The fourth-order valence-corrected chi connectivity index (χ4v) is 2.92. The molecule has 2 aliphatic rings. The van der Waals surface area contributed by atoms with Gasteiger partial charge in [-0.25, -0.2) is 0 Å². The lowest BCUT2D eigenvalue weighted by Crippen LogP contribution is -2.31. The van der Waals surface area contributed by atoms with E-state index in [0.717, 1.165) is 38.1 Å². The molecule has 6 heteroatoms.